The zero-order chi connectivity index (χ0) is 50.2. The van der Waals surface area contributed by atoms with E-state index in [1.54, 1.807) is 34.6 Å². The number of benzene rings is 3. The van der Waals surface area contributed by atoms with Gasteiger partial charge in [-0.25, -0.2) is 29.0 Å². The maximum Gasteiger partial charge on any atom is 0.415 e. The van der Waals surface area contributed by atoms with Gasteiger partial charge >= 0.3 is 17.8 Å². The second-order valence-corrected chi connectivity index (χ2v) is 21.3. The number of H-pyrrole nitrogens is 1. The number of pyridine rings is 2. The van der Waals surface area contributed by atoms with E-state index in [1.165, 1.54) is 10.6 Å². The van der Waals surface area contributed by atoms with E-state index in [1.807, 2.05) is 63.1 Å². The van der Waals surface area contributed by atoms with Crippen LogP contribution in [0.15, 0.2) is 76.4 Å². The number of phenols is 2. The Morgan fingerprint density at radius 2 is 1.74 bits per heavy atom. The van der Waals surface area contributed by atoms with Crippen LogP contribution in [0.3, 0.4) is 0 Å². The third-order valence-corrected chi connectivity index (χ3v) is 16.8. The number of aromatic hydroxyl groups is 2. The van der Waals surface area contributed by atoms with Gasteiger partial charge in [-0.3, -0.25) is 9.10 Å². The van der Waals surface area contributed by atoms with Crippen molar-refractivity contribution in [1.82, 2.24) is 38.1 Å². The van der Waals surface area contributed by atoms with Gasteiger partial charge in [0.2, 0.25) is 0 Å². The SMILES string of the molecule is CCc1c2c(nc3ccc(OC(=O)N4CCC(SN5CCC(CCn6ccc7cc(-n8c(-c9cc(C(C)C)c(O)cc9O)n[nH]c8=O)ccc76)CC5)CC4)cc13)-c1cc3c(c(=O)n1C2)COC(=O)[C@]3(O)CC. The molecule has 374 valence electrons. The van der Waals surface area contributed by atoms with E-state index in [0.717, 1.165) is 79.2 Å². The summed E-state index contributed by atoms with van der Waals surface area (Å²) in [4.78, 5) is 59.8. The molecule has 17 nitrogen and oxygen atoms in total. The highest BCUT2D eigenvalue weighted by Gasteiger charge is 2.45. The van der Waals surface area contributed by atoms with Crippen LogP contribution in [-0.2, 0) is 41.2 Å². The Balaban J connectivity index is 0.671. The Morgan fingerprint density at radius 1 is 0.944 bits per heavy atom. The maximum absolute atomic E-state index is 13.8. The lowest BCUT2D eigenvalue weighted by atomic mass is 9.86. The highest BCUT2D eigenvalue weighted by atomic mass is 32.2. The normalized spacial score (nSPS) is 18.5. The van der Waals surface area contributed by atoms with Crippen molar-refractivity contribution in [3.05, 3.63) is 116 Å². The molecule has 18 heteroatoms. The third-order valence-electron chi connectivity index (χ3n) is 15.4. The van der Waals surface area contributed by atoms with Crippen LogP contribution >= 0.6 is 11.9 Å². The number of esters is 1. The number of hydrogen-bond acceptors (Lipinski definition) is 13. The first-order valence-electron chi connectivity index (χ1n) is 25.1. The second-order valence-electron chi connectivity index (χ2n) is 19.9. The topological polar surface area (TPSA) is 210 Å². The Kier molecular flexibility index (Phi) is 12.3. The molecule has 3 aromatic carbocycles. The number of carbonyl (C=O) groups is 2. The summed E-state index contributed by atoms with van der Waals surface area (Å²) in [6.45, 7) is 11.9. The van der Waals surface area contributed by atoms with E-state index >= 15 is 0 Å². The van der Waals surface area contributed by atoms with E-state index in [-0.39, 0.29) is 59.0 Å². The average molecular weight is 995 g/mol. The zero-order valence-electron chi connectivity index (χ0n) is 40.8. The summed E-state index contributed by atoms with van der Waals surface area (Å²) in [6, 6.07) is 18.1. The number of rotatable bonds is 11. The molecule has 8 heterocycles. The first kappa shape index (κ1) is 47.4. The van der Waals surface area contributed by atoms with Gasteiger partial charge in [0.15, 0.2) is 11.4 Å². The second kappa shape index (κ2) is 18.6. The molecule has 4 aliphatic rings. The summed E-state index contributed by atoms with van der Waals surface area (Å²) in [6.07, 6.45) is 7.50. The van der Waals surface area contributed by atoms with Crippen LogP contribution in [0, 0.1) is 5.92 Å². The summed E-state index contributed by atoms with van der Waals surface area (Å²) in [5, 5.41) is 41.5. The van der Waals surface area contributed by atoms with Gasteiger partial charge in [0.1, 0.15) is 23.9 Å². The van der Waals surface area contributed by atoms with Gasteiger partial charge in [0, 0.05) is 77.7 Å². The molecule has 0 spiro atoms. The van der Waals surface area contributed by atoms with E-state index in [4.69, 9.17) is 14.5 Å². The van der Waals surface area contributed by atoms with Crippen molar-refractivity contribution >= 4 is 45.8 Å². The molecule has 11 rings (SSSR count). The van der Waals surface area contributed by atoms with Crippen LogP contribution in [0.1, 0.15) is 100.0 Å². The number of piperidine rings is 2. The predicted molar refractivity (Wildman–Crippen MR) is 274 cm³/mol. The Hall–Kier alpha value is -6.89. The van der Waals surface area contributed by atoms with Crippen molar-refractivity contribution in [1.29, 1.82) is 0 Å². The first-order chi connectivity index (χ1) is 34.7. The summed E-state index contributed by atoms with van der Waals surface area (Å²) >= 11 is 1.93. The Labute approximate surface area is 419 Å². The van der Waals surface area contributed by atoms with Crippen LogP contribution in [-0.4, -0.2) is 96.9 Å². The number of aryl methyl sites for hydroxylation is 2. The van der Waals surface area contributed by atoms with Gasteiger partial charge < -0.3 is 38.8 Å². The summed E-state index contributed by atoms with van der Waals surface area (Å²) in [5.41, 5.74) is 4.43. The van der Waals surface area contributed by atoms with Crippen molar-refractivity contribution in [2.45, 2.75) is 109 Å². The number of phenolic OH excluding ortho intramolecular Hbond substituents is 2. The fraction of sp³-hybridized carbons (Fsp3) is 0.407. The average Bonchev–Trinajstić information content (AvgIpc) is 4.09. The molecule has 1 amide bonds. The lowest BCUT2D eigenvalue weighted by molar-refractivity contribution is -0.172. The lowest BCUT2D eigenvalue weighted by Gasteiger charge is -2.36. The molecule has 2 fully saturated rings. The summed E-state index contributed by atoms with van der Waals surface area (Å²) in [5.74, 6) is 0.376. The van der Waals surface area contributed by atoms with E-state index in [0.29, 0.717) is 76.7 Å². The van der Waals surface area contributed by atoms with Gasteiger partial charge in [0.05, 0.1) is 40.3 Å². The van der Waals surface area contributed by atoms with Crippen molar-refractivity contribution < 1.29 is 34.4 Å². The molecule has 4 aliphatic heterocycles. The smallest absolute Gasteiger partial charge is 0.415 e. The van der Waals surface area contributed by atoms with Crippen molar-refractivity contribution in [3.63, 3.8) is 0 Å². The number of ether oxygens (including phenoxy) is 2. The molecule has 2 saturated heterocycles. The highest BCUT2D eigenvalue weighted by molar-refractivity contribution is 7.97. The molecular weight excluding hydrogens is 937 g/mol. The summed E-state index contributed by atoms with van der Waals surface area (Å²) in [7, 11) is 0. The number of cyclic esters (lactones) is 1. The van der Waals surface area contributed by atoms with Crippen molar-refractivity contribution in [3.8, 4) is 45.7 Å². The van der Waals surface area contributed by atoms with E-state index < -0.39 is 17.3 Å². The van der Waals surface area contributed by atoms with Crippen molar-refractivity contribution in [2.75, 3.05) is 26.2 Å². The molecule has 0 unspecified atom stereocenters. The number of aliphatic hydroxyl groups is 1. The monoisotopic (exact) mass is 994 g/mol. The number of amides is 1. The number of aromatic nitrogens is 6. The minimum atomic E-state index is -1.90. The van der Waals surface area contributed by atoms with E-state index in [9.17, 15) is 34.5 Å². The lowest BCUT2D eigenvalue weighted by Crippen LogP contribution is -2.44. The van der Waals surface area contributed by atoms with Gasteiger partial charge in [-0.15, -0.1) is 0 Å². The Bertz CT molecular complexity index is 3430. The fourth-order valence-electron chi connectivity index (χ4n) is 11.2. The third kappa shape index (κ3) is 8.22. The van der Waals surface area contributed by atoms with Crippen LogP contribution in [0.4, 0.5) is 4.79 Å². The molecule has 72 heavy (non-hydrogen) atoms. The van der Waals surface area contributed by atoms with E-state index in [2.05, 4.69) is 31.3 Å². The number of fused-ring (bicyclic) bond motifs is 6. The standard InChI is InChI=1S/C54H58N8O9S/c1-5-36-38-24-34(8-9-43(38)55-48-40(36)28-61-45(48)26-42-41(50(61)65)29-70-51(66)54(42,69)6-2)71-53(68)59-19-15-35(16-20-59)72-60-21-12-31(13-22-60)11-17-58-18-14-32-23-33(7-10-44(32)58)62-49(56-57-52(62)67)39-25-37(30(3)4)46(63)27-47(39)64/h7-10,14,18,23-27,30-31,35,63-64,69H,5-6,11-13,15-17,19-22,28-29H2,1-4H3,(H,57,67)/t54-/m0/s1. The van der Waals surface area contributed by atoms with Crippen LogP contribution < -0.4 is 16.0 Å². The molecule has 0 aliphatic carbocycles. The minimum absolute atomic E-state index is 0.00323. The number of likely N-dealkylation sites (tertiary alicyclic amines) is 1. The molecule has 1 atom stereocenters. The number of hydrogen-bond donors (Lipinski definition) is 4. The molecular formula is C54H58N8O9S. The molecule has 0 saturated carbocycles. The first-order valence-corrected chi connectivity index (χ1v) is 25.9. The molecule has 4 N–H and O–H groups in total. The van der Waals surface area contributed by atoms with Crippen LogP contribution in [0.5, 0.6) is 17.2 Å². The highest BCUT2D eigenvalue weighted by Crippen LogP contribution is 2.42. The number of nitrogens with one attached hydrogen (secondary N) is 1. The van der Waals surface area contributed by atoms with Gasteiger partial charge in [-0.1, -0.05) is 39.6 Å². The van der Waals surface area contributed by atoms with Gasteiger partial charge in [-0.05, 0) is 123 Å². The quantitative estimate of drug-likeness (QED) is 0.0714. The molecule has 0 radical (unpaired) electrons. The van der Waals surface area contributed by atoms with Crippen LogP contribution in [0.2, 0.25) is 0 Å². The fourth-order valence-corrected chi connectivity index (χ4v) is 12.5. The Morgan fingerprint density at radius 3 is 2.49 bits per heavy atom. The maximum atomic E-state index is 13.8. The van der Waals surface area contributed by atoms with Gasteiger partial charge in [0.25, 0.3) is 5.56 Å². The number of carbonyl (C=O) groups excluding carboxylic acids is 2. The number of nitrogens with zero attached hydrogens (tertiary/aromatic N) is 7. The molecule has 4 aromatic heterocycles. The zero-order valence-corrected chi connectivity index (χ0v) is 41.6. The van der Waals surface area contributed by atoms with Crippen molar-refractivity contribution in [2.24, 2.45) is 5.92 Å². The summed E-state index contributed by atoms with van der Waals surface area (Å²) < 4.78 is 19.1. The molecule has 0 bridgehead atoms. The predicted octanol–water partition coefficient (Wildman–Crippen LogP) is 8.09. The van der Waals surface area contributed by atoms with Gasteiger partial charge in [-0.2, -0.15) is 5.10 Å². The minimum Gasteiger partial charge on any atom is -0.508 e. The number of aromatic amines is 1. The largest absolute Gasteiger partial charge is 0.508 e. The van der Waals surface area contributed by atoms with Crippen LogP contribution in [0.25, 0.3) is 50.3 Å². The molecule has 7 aromatic rings.